The van der Waals surface area contributed by atoms with Gasteiger partial charge in [-0.1, -0.05) is 27.5 Å². The van der Waals surface area contributed by atoms with Gasteiger partial charge in [0.25, 0.3) is 0 Å². The van der Waals surface area contributed by atoms with Crippen molar-refractivity contribution >= 4 is 40.6 Å². The molecule has 2 aromatic rings. The number of fused-ring (bicyclic) bond motifs is 2. The predicted molar refractivity (Wildman–Crippen MR) is 74.1 cm³/mol. The summed E-state index contributed by atoms with van der Waals surface area (Å²) < 4.78 is 6.86. The maximum absolute atomic E-state index is 5.86. The topological polar surface area (TPSA) is 12.5 Å². The summed E-state index contributed by atoms with van der Waals surface area (Å²) >= 11 is 3.44. The van der Waals surface area contributed by atoms with E-state index in [2.05, 4.69) is 20.8 Å². The van der Waals surface area contributed by atoms with Gasteiger partial charge in [-0.25, -0.2) is 0 Å². The lowest BCUT2D eigenvalue weighted by molar-refractivity contribution is 0.475. The zero-order chi connectivity index (χ0) is 12.0. The molecule has 82 valence electrons. The maximum atomic E-state index is 5.86. The molecule has 0 aromatic heterocycles. The molecule has 0 amide bonds. The molecule has 0 spiro atoms. The third-order valence-electron chi connectivity index (χ3n) is 2.85. The lowest BCUT2D eigenvalue weighted by atomic mass is 9.95. The SMILES string of the molecule is [B]c1ccc2c(c1)Oc1cc(Br)ccc1N2C. The van der Waals surface area contributed by atoms with E-state index in [9.17, 15) is 0 Å². The molecular formula is C13H9BBrNO. The molecule has 0 N–H and O–H groups in total. The number of nitrogens with zero attached hydrogens (tertiary/aromatic N) is 1. The number of anilines is 2. The van der Waals surface area contributed by atoms with Crippen LogP contribution in [0.4, 0.5) is 11.4 Å². The minimum atomic E-state index is 0.704. The summed E-state index contributed by atoms with van der Waals surface area (Å²) in [5.74, 6) is 1.62. The van der Waals surface area contributed by atoms with Crippen LogP contribution < -0.4 is 15.1 Å². The van der Waals surface area contributed by atoms with Crippen LogP contribution in [-0.4, -0.2) is 14.9 Å². The molecule has 1 aliphatic heterocycles. The molecule has 2 aromatic carbocycles. The Bertz CT molecular complexity index is 548. The molecule has 0 atom stereocenters. The van der Waals surface area contributed by atoms with Crippen molar-refractivity contribution in [3.8, 4) is 11.5 Å². The van der Waals surface area contributed by atoms with Gasteiger partial charge in [-0.05, 0) is 30.3 Å². The van der Waals surface area contributed by atoms with Gasteiger partial charge >= 0.3 is 0 Å². The summed E-state index contributed by atoms with van der Waals surface area (Å²) in [4.78, 5) is 2.10. The monoisotopic (exact) mass is 285 g/mol. The molecule has 17 heavy (non-hydrogen) atoms. The Hall–Kier alpha value is -1.42. The summed E-state index contributed by atoms with van der Waals surface area (Å²) in [5, 5.41) is 0. The van der Waals surface area contributed by atoms with E-state index < -0.39 is 0 Å². The Kier molecular flexibility index (Phi) is 2.40. The van der Waals surface area contributed by atoms with Gasteiger partial charge in [0.2, 0.25) is 0 Å². The van der Waals surface area contributed by atoms with E-state index in [4.69, 9.17) is 12.6 Å². The highest BCUT2D eigenvalue weighted by molar-refractivity contribution is 9.10. The van der Waals surface area contributed by atoms with Crippen LogP contribution in [0, 0.1) is 0 Å². The van der Waals surface area contributed by atoms with Gasteiger partial charge in [0, 0.05) is 11.5 Å². The first kappa shape index (κ1) is 10.7. The Labute approximate surface area is 110 Å². The van der Waals surface area contributed by atoms with Gasteiger partial charge in [0.05, 0.1) is 11.4 Å². The number of hydrogen-bond acceptors (Lipinski definition) is 2. The van der Waals surface area contributed by atoms with Crippen LogP contribution in [0.25, 0.3) is 0 Å². The zero-order valence-corrected chi connectivity index (χ0v) is 10.9. The Balaban J connectivity index is 2.17. The molecule has 0 unspecified atom stereocenters. The molecular weight excluding hydrogens is 277 g/mol. The zero-order valence-electron chi connectivity index (χ0n) is 9.27. The number of benzene rings is 2. The van der Waals surface area contributed by atoms with Crippen LogP contribution in [0.15, 0.2) is 40.9 Å². The minimum Gasteiger partial charge on any atom is -0.453 e. The lowest BCUT2D eigenvalue weighted by Crippen LogP contribution is -2.17. The molecule has 4 heteroatoms. The molecule has 1 heterocycles. The van der Waals surface area contributed by atoms with Crippen LogP contribution in [0.3, 0.4) is 0 Å². The largest absolute Gasteiger partial charge is 0.453 e. The standard InChI is InChI=1S/C13H9BBrNO/c1-16-10-4-2-8(14)6-12(10)17-13-7-9(15)3-5-11(13)16/h2-7H,1H3. The molecule has 0 aliphatic carbocycles. The first-order valence-corrected chi connectivity index (χ1v) is 6.05. The molecule has 0 saturated carbocycles. The maximum Gasteiger partial charge on any atom is 0.152 e. The van der Waals surface area contributed by atoms with E-state index in [1.807, 2.05) is 43.4 Å². The van der Waals surface area contributed by atoms with Crippen molar-refractivity contribution in [3.63, 3.8) is 0 Å². The number of halogens is 1. The Morgan fingerprint density at radius 3 is 2.47 bits per heavy atom. The summed E-state index contributed by atoms with van der Waals surface area (Å²) in [5.41, 5.74) is 2.77. The van der Waals surface area contributed by atoms with E-state index in [1.165, 1.54) is 0 Å². The highest BCUT2D eigenvalue weighted by Gasteiger charge is 2.21. The summed E-state index contributed by atoms with van der Waals surface area (Å²) in [7, 11) is 7.79. The highest BCUT2D eigenvalue weighted by atomic mass is 79.9. The second-order valence-electron chi connectivity index (χ2n) is 4.00. The quantitative estimate of drug-likeness (QED) is 0.690. The summed E-state index contributed by atoms with van der Waals surface area (Å²) in [6.07, 6.45) is 0. The summed E-state index contributed by atoms with van der Waals surface area (Å²) in [6.45, 7) is 0. The smallest absolute Gasteiger partial charge is 0.152 e. The fourth-order valence-electron chi connectivity index (χ4n) is 1.98. The number of hydrogen-bond donors (Lipinski definition) is 0. The minimum absolute atomic E-state index is 0.704. The van der Waals surface area contributed by atoms with E-state index in [1.54, 1.807) is 0 Å². The van der Waals surface area contributed by atoms with Crippen LogP contribution >= 0.6 is 15.9 Å². The fraction of sp³-hybridized carbons (Fsp3) is 0.0769. The van der Waals surface area contributed by atoms with E-state index in [-0.39, 0.29) is 0 Å². The molecule has 1 aliphatic rings. The van der Waals surface area contributed by atoms with Gasteiger partial charge in [0.1, 0.15) is 7.85 Å². The van der Waals surface area contributed by atoms with Crippen LogP contribution in [0.2, 0.25) is 0 Å². The fourth-order valence-corrected chi connectivity index (χ4v) is 2.32. The van der Waals surface area contributed by atoms with Crippen LogP contribution in [0.1, 0.15) is 0 Å². The van der Waals surface area contributed by atoms with E-state index >= 15 is 0 Å². The highest BCUT2D eigenvalue weighted by Crippen LogP contribution is 2.45. The molecule has 2 nitrogen and oxygen atoms in total. The van der Waals surface area contributed by atoms with Gasteiger partial charge in [0.15, 0.2) is 11.5 Å². The molecule has 3 rings (SSSR count). The summed E-state index contributed by atoms with van der Waals surface area (Å²) in [6, 6.07) is 11.7. The third-order valence-corrected chi connectivity index (χ3v) is 3.34. The van der Waals surface area contributed by atoms with Crippen LogP contribution in [0.5, 0.6) is 11.5 Å². The van der Waals surface area contributed by atoms with Gasteiger partial charge in [-0.15, -0.1) is 0 Å². The van der Waals surface area contributed by atoms with E-state index in [0.717, 1.165) is 27.3 Å². The van der Waals surface area contributed by atoms with Gasteiger partial charge in [-0.3, -0.25) is 0 Å². The molecule has 0 fully saturated rings. The van der Waals surface area contributed by atoms with Crippen LogP contribution in [-0.2, 0) is 0 Å². The van der Waals surface area contributed by atoms with Gasteiger partial charge < -0.3 is 9.64 Å². The normalized spacial score (nSPS) is 12.7. The first-order chi connectivity index (χ1) is 8.15. The lowest BCUT2D eigenvalue weighted by Gasteiger charge is -2.30. The first-order valence-electron chi connectivity index (χ1n) is 5.26. The van der Waals surface area contributed by atoms with Gasteiger partial charge in [-0.2, -0.15) is 0 Å². The van der Waals surface area contributed by atoms with Crippen molar-refractivity contribution < 1.29 is 4.74 Å². The van der Waals surface area contributed by atoms with Crippen molar-refractivity contribution in [1.82, 2.24) is 0 Å². The molecule has 0 saturated heterocycles. The van der Waals surface area contributed by atoms with Crippen molar-refractivity contribution in [2.75, 3.05) is 11.9 Å². The van der Waals surface area contributed by atoms with E-state index in [0.29, 0.717) is 5.46 Å². The molecule has 2 radical (unpaired) electrons. The van der Waals surface area contributed by atoms with Crippen molar-refractivity contribution in [2.24, 2.45) is 0 Å². The average molecular weight is 286 g/mol. The van der Waals surface area contributed by atoms with Crippen molar-refractivity contribution in [3.05, 3.63) is 40.9 Å². The number of rotatable bonds is 0. The Morgan fingerprint density at radius 2 is 1.71 bits per heavy atom. The third kappa shape index (κ3) is 1.73. The van der Waals surface area contributed by atoms with Crippen molar-refractivity contribution in [2.45, 2.75) is 0 Å². The average Bonchev–Trinajstić information content (AvgIpc) is 2.28. The Morgan fingerprint density at radius 1 is 1.06 bits per heavy atom. The second kappa shape index (κ2) is 3.81. The predicted octanol–water partition coefficient (Wildman–Crippen LogP) is 3.12. The molecule has 0 bridgehead atoms. The number of ether oxygens (including phenoxy) is 1. The second-order valence-corrected chi connectivity index (χ2v) is 4.92. The van der Waals surface area contributed by atoms with Crippen molar-refractivity contribution in [1.29, 1.82) is 0 Å².